The second-order valence-corrected chi connectivity index (χ2v) is 7.33. The average molecular weight is 318 g/mol. The van der Waals surface area contributed by atoms with Crippen LogP contribution in [0.25, 0.3) is 0 Å². The molecular weight excluding hydrogens is 295 g/mol. The first kappa shape index (κ1) is 16.0. The molecule has 3 rings (SSSR count). The van der Waals surface area contributed by atoms with Gasteiger partial charge in [-0.05, 0) is 54.9 Å². The van der Waals surface area contributed by atoms with Crippen molar-refractivity contribution in [3.63, 3.8) is 0 Å². The second-order valence-electron chi connectivity index (χ2n) is 7.33. The average Bonchev–Trinajstić information content (AvgIpc) is 2.85. The molecular formula is C18H23FN2O2. The van der Waals surface area contributed by atoms with Crippen LogP contribution >= 0.6 is 0 Å². The first-order valence-electron chi connectivity index (χ1n) is 8.07. The molecule has 0 saturated heterocycles. The van der Waals surface area contributed by atoms with Crippen molar-refractivity contribution in [1.29, 1.82) is 0 Å². The zero-order valence-electron chi connectivity index (χ0n) is 13.9. The Hall–Kier alpha value is -1.91. The fourth-order valence-corrected chi connectivity index (χ4v) is 3.94. The van der Waals surface area contributed by atoms with Crippen LogP contribution in [0.1, 0.15) is 40.0 Å². The van der Waals surface area contributed by atoms with E-state index in [0.717, 1.165) is 18.6 Å². The van der Waals surface area contributed by atoms with Crippen LogP contribution in [-0.2, 0) is 4.79 Å². The van der Waals surface area contributed by atoms with E-state index in [4.69, 9.17) is 4.74 Å². The molecule has 1 N–H and O–H groups in total. The highest BCUT2D eigenvalue weighted by Gasteiger charge is 2.59. The van der Waals surface area contributed by atoms with Crippen molar-refractivity contribution in [2.75, 3.05) is 6.61 Å². The van der Waals surface area contributed by atoms with Crippen LogP contribution in [0.15, 0.2) is 29.4 Å². The number of carbonyl (C=O) groups excluding carboxylic acids is 1. The lowest BCUT2D eigenvalue weighted by atomic mass is 9.70. The number of halogens is 1. The van der Waals surface area contributed by atoms with Crippen molar-refractivity contribution in [2.24, 2.45) is 21.8 Å². The van der Waals surface area contributed by atoms with Crippen molar-refractivity contribution in [2.45, 2.75) is 40.0 Å². The van der Waals surface area contributed by atoms with Gasteiger partial charge in [-0.15, -0.1) is 0 Å². The van der Waals surface area contributed by atoms with E-state index in [0.29, 0.717) is 11.7 Å². The minimum absolute atomic E-state index is 0.0722. The number of benzene rings is 1. The predicted octanol–water partition coefficient (Wildman–Crippen LogP) is 3.52. The Balaban J connectivity index is 1.56. The lowest BCUT2D eigenvalue weighted by Gasteiger charge is -2.34. The van der Waals surface area contributed by atoms with E-state index in [2.05, 4.69) is 31.3 Å². The Morgan fingerprint density at radius 2 is 2.04 bits per heavy atom. The fraction of sp³-hybridized carbons (Fsp3) is 0.556. The van der Waals surface area contributed by atoms with Crippen LogP contribution in [0.5, 0.6) is 5.75 Å². The minimum atomic E-state index is -0.333. The van der Waals surface area contributed by atoms with E-state index in [1.165, 1.54) is 30.7 Å². The molecule has 2 bridgehead atoms. The van der Waals surface area contributed by atoms with Gasteiger partial charge in [-0.25, -0.2) is 9.82 Å². The molecule has 0 aliphatic heterocycles. The molecule has 0 spiro atoms. The second kappa shape index (κ2) is 5.62. The summed E-state index contributed by atoms with van der Waals surface area (Å²) < 4.78 is 18.1. The molecule has 0 radical (unpaired) electrons. The maximum absolute atomic E-state index is 12.8. The highest BCUT2D eigenvalue weighted by molar-refractivity contribution is 5.95. The highest BCUT2D eigenvalue weighted by Crippen LogP contribution is 2.63. The summed E-state index contributed by atoms with van der Waals surface area (Å²) in [7, 11) is 0. The number of ether oxygens (including phenoxy) is 1. The van der Waals surface area contributed by atoms with E-state index in [1.807, 2.05) is 0 Å². The Bertz CT molecular complexity index is 639. The molecule has 124 valence electrons. The Morgan fingerprint density at radius 3 is 2.61 bits per heavy atom. The zero-order chi connectivity index (χ0) is 16.7. The maximum Gasteiger partial charge on any atom is 0.277 e. The molecule has 2 saturated carbocycles. The molecule has 23 heavy (non-hydrogen) atoms. The molecule has 0 aromatic heterocycles. The van der Waals surface area contributed by atoms with Gasteiger partial charge < -0.3 is 4.74 Å². The van der Waals surface area contributed by atoms with Crippen LogP contribution < -0.4 is 10.2 Å². The fourth-order valence-electron chi connectivity index (χ4n) is 3.94. The third-order valence-electron chi connectivity index (χ3n) is 6.01. The van der Waals surface area contributed by atoms with Crippen LogP contribution in [0.4, 0.5) is 4.39 Å². The highest BCUT2D eigenvalue weighted by atomic mass is 19.1. The van der Waals surface area contributed by atoms with Gasteiger partial charge >= 0.3 is 0 Å². The largest absolute Gasteiger partial charge is 0.484 e. The number of hydrazone groups is 1. The predicted molar refractivity (Wildman–Crippen MR) is 86.7 cm³/mol. The van der Waals surface area contributed by atoms with Crippen molar-refractivity contribution in [3.8, 4) is 5.75 Å². The number of carbonyl (C=O) groups is 1. The lowest BCUT2D eigenvalue weighted by molar-refractivity contribution is -0.123. The van der Waals surface area contributed by atoms with Crippen LogP contribution in [0.3, 0.4) is 0 Å². The molecule has 2 atom stereocenters. The summed E-state index contributed by atoms with van der Waals surface area (Å²) in [6.45, 7) is 6.71. The summed E-state index contributed by atoms with van der Waals surface area (Å²) in [5, 5.41) is 4.38. The Morgan fingerprint density at radius 1 is 1.35 bits per heavy atom. The number of hydrogen-bond acceptors (Lipinski definition) is 3. The van der Waals surface area contributed by atoms with E-state index < -0.39 is 0 Å². The number of nitrogens with zero attached hydrogens (tertiary/aromatic N) is 1. The molecule has 1 aromatic rings. The van der Waals surface area contributed by atoms with Crippen LogP contribution in [0.2, 0.25) is 0 Å². The molecule has 5 heteroatoms. The monoisotopic (exact) mass is 318 g/mol. The van der Waals surface area contributed by atoms with E-state index >= 15 is 0 Å². The van der Waals surface area contributed by atoms with E-state index in [1.54, 1.807) is 0 Å². The van der Waals surface area contributed by atoms with E-state index in [9.17, 15) is 9.18 Å². The standard InChI is InChI=1S/C18H23FN2O2/c1-17(2)12-8-9-18(17,3)15(10-12)20-21-16(22)11-23-14-6-4-13(19)5-7-14/h4-7,12H,8-11H2,1-3H3,(H,21,22)/b20-15+/t12-,18+/m0/s1. The molecule has 0 heterocycles. The van der Waals surface area contributed by atoms with Crippen molar-refractivity contribution >= 4 is 11.6 Å². The first-order chi connectivity index (χ1) is 10.8. The summed E-state index contributed by atoms with van der Waals surface area (Å²) in [6, 6.07) is 5.58. The van der Waals surface area contributed by atoms with Gasteiger partial charge in [0, 0.05) is 11.1 Å². The topological polar surface area (TPSA) is 50.7 Å². The molecule has 1 aromatic carbocycles. The molecule has 2 aliphatic carbocycles. The van der Waals surface area contributed by atoms with Gasteiger partial charge in [-0.3, -0.25) is 4.79 Å². The van der Waals surface area contributed by atoms with Crippen molar-refractivity contribution in [1.82, 2.24) is 5.43 Å². The summed E-state index contributed by atoms with van der Waals surface area (Å²) >= 11 is 0. The Kier molecular flexibility index (Phi) is 3.90. The molecule has 2 aliphatic rings. The van der Waals surface area contributed by atoms with Gasteiger partial charge in [-0.2, -0.15) is 5.10 Å². The minimum Gasteiger partial charge on any atom is -0.484 e. The summed E-state index contributed by atoms with van der Waals surface area (Å²) in [6.07, 6.45) is 3.33. The summed E-state index contributed by atoms with van der Waals surface area (Å²) in [5.41, 5.74) is 4.01. The van der Waals surface area contributed by atoms with Gasteiger partial charge in [0.25, 0.3) is 5.91 Å². The van der Waals surface area contributed by atoms with Gasteiger partial charge in [0.05, 0.1) is 0 Å². The number of amides is 1. The van der Waals surface area contributed by atoms with E-state index in [-0.39, 0.29) is 29.2 Å². The van der Waals surface area contributed by atoms with Crippen molar-refractivity contribution in [3.05, 3.63) is 30.1 Å². The van der Waals surface area contributed by atoms with Crippen LogP contribution in [-0.4, -0.2) is 18.2 Å². The summed E-state index contributed by atoms with van der Waals surface area (Å²) in [4.78, 5) is 11.9. The SMILES string of the molecule is CC1(C)[C@H]2CC[C@]1(C)/C(=N/NC(=O)COc1ccc(F)cc1)C2. The normalized spacial score (nSPS) is 29.7. The summed E-state index contributed by atoms with van der Waals surface area (Å²) in [5.74, 6) is 0.479. The number of hydrogen-bond donors (Lipinski definition) is 1. The quantitative estimate of drug-likeness (QED) is 0.864. The smallest absolute Gasteiger partial charge is 0.277 e. The first-order valence-corrected chi connectivity index (χ1v) is 8.07. The number of rotatable bonds is 4. The lowest BCUT2D eigenvalue weighted by Crippen LogP contribution is -2.35. The molecule has 4 nitrogen and oxygen atoms in total. The molecule has 0 unspecified atom stereocenters. The maximum atomic E-state index is 12.8. The zero-order valence-corrected chi connectivity index (χ0v) is 13.9. The third kappa shape index (κ3) is 2.73. The number of nitrogens with one attached hydrogen (secondary N) is 1. The third-order valence-corrected chi connectivity index (χ3v) is 6.01. The molecule has 1 amide bonds. The van der Waals surface area contributed by atoms with Crippen molar-refractivity contribution < 1.29 is 13.9 Å². The van der Waals surface area contributed by atoms with Gasteiger partial charge in [-0.1, -0.05) is 20.8 Å². The van der Waals surface area contributed by atoms with Crippen LogP contribution in [0, 0.1) is 22.6 Å². The Labute approximate surface area is 136 Å². The van der Waals surface area contributed by atoms with Gasteiger partial charge in [0.1, 0.15) is 11.6 Å². The number of fused-ring (bicyclic) bond motifs is 2. The van der Waals surface area contributed by atoms with Gasteiger partial charge in [0.2, 0.25) is 0 Å². The molecule has 2 fully saturated rings. The van der Waals surface area contributed by atoms with Gasteiger partial charge in [0.15, 0.2) is 6.61 Å².